The zero-order valence-electron chi connectivity index (χ0n) is 14.7. The molecule has 2 atom stereocenters. The highest BCUT2D eigenvalue weighted by atomic mass is 16.2. The molecule has 0 unspecified atom stereocenters. The number of nitrogens with one attached hydrogen (secondary N) is 1. The number of benzene rings is 1. The fourth-order valence-electron chi connectivity index (χ4n) is 4.08. The van der Waals surface area contributed by atoms with Crippen molar-refractivity contribution in [1.82, 2.24) is 15.2 Å². The van der Waals surface area contributed by atoms with E-state index in [1.165, 1.54) is 0 Å². The third-order valence-electron chi connectivity index (χ3n) is 5.39. The first-order chi connectivity index (χ1) is 12.0. The third-order valence-corrected chi connectivity index (χ3v) is 5.39. The van der Waals surface area contributed by atoms with E-state index in [9.17, 15) is 9.59 Å². The Balaban J connectivity index is 1.75. The summed E-state index contributed by atoms with van der Waals surface area (Å²) in [6, 6.07) is 7.89. The van der Waals surface area contributed by atoms with Gasteiger partial charge < -0.3 is 10.2 Å². The number of fused-ring (bicyclic) bond motifs is 4. The number of carbonyl (C=O) groups excluding carboxylic acids is 2. The SMILES string of the molecule is Cc1cc(C(=O)N2C[C@@H]3CCC[C@@H](C2)C(=O)N3)c2cccc(C)c2n1. The molecule has 5 heteroatoms. The van der Waals surface area contributed by atoms with Crippen LogP contribution in [0.5, 0.6) is 0 Å². The number of hydrogen-bond acceptors (Lipinski definition) is 3. The summed E-state index contributed by atoms with van der Waals surface area (Å²) in [5.74, 6) is 0.0197. The van der Waals surface area contributed by atoms with E-state index in [1.807, 2.05) is 43.0 Å². The fourth-order valence-corrected chi connectivity index (χ4v) is 4.08. The number of aromatic nitrogens is 1. The van der Waals surface area contributed by atoms with Gasteiger partial charge in [0.2, 0.25) is 5.91 Å². The average molecular weight is 337 g/mol. The van der Waals surface area contributed by atoms with E-state index < -0.39 is 0 Å². The molecule has 0 radical (unpaired) electrons. The van der Waals surface area contributed by atoms with E-state index >= 15 is 0 Å². The van der Waals surface area contributed by atoms with Crippen molar-refractivity contribution in [2.24, 2.45) is 5.92 Å². The Kier molecular flexibility index (Phi) is 3.94. The molecule has 2 bridgehead atoms. The van der Waals surface area contributed by atoms with Crippen molar-refractivity contribution < 1.29 is 9.59 Å². The van der Waals surface area contributed by atoms with Crippen LogP contribution in [0.3, 0.4) is 0 Å². The summed E-state index contributed by atoms with van der Waals surface area (Å²) in [6.45, 7) is 5.04. The van der Waals surface area contributed by atoms with E-state index in [-0.39, 0.29) is 23.8 Å². The standard InChI is InChI=1S/C20H23N3O2/c1-12-5-3-8-16-17(9-13(2)21-18(12)16)20(25)23-10-14-6-4-7-15(11-23)22-19(14)24/h3,5,8-9,14-15H,4,6-7,10-11H2,1-2H3,(H,22,24)/t14-,15-/m0/s1. The van der Waals surface area contributed by atoms with Crippen molar-refractivity contribution in [3.05, 3.63) is 41.1 Å². The molecule has 130 valence electrons. The first-order valence-electron chi connectivity index (χ1n) is 8.99. The Morgan fingerprint density at radius 2 is 2.08 bits per heavy atom. The van der Waals surface area contributed by atoms with Gasteiger partial charge in [0.1, 0.15) is 0 Å². The topological polar surface area (TPSA) is 62.3 Å². The largest absolute Gasteiger partial charge is 0.351 e. The number of carbonyl (C=O) groups is 2. The van der Waals surface area contributed by atoms with Gasteiger partial charge in [0.25, 0.3) is 5.91 Å². The molecule has 4 rings (SSSR count). The van der Waals surface area contributed by atoms with Gasteiger partial charge in [-0.1, -0.05) is 24.6 Å². The van der Waals surface area contributed by atoms with Gasteiger partial charge in [-0.2, -0.15) is 0 Å². The van der Waals surface area contributed by atoms with Crippen LogP contribution in [0.25, 0.3) is 10.9 Å². The Morgan fingerprint density at radius 3 is 2.92 bits per heavy atom. The maximum absolute atomic E-state index is 13.3. The fraction of sp³-hybridized carbons (Fsp3) is 0.450. The molecule has 2 aromatic rings. The first kappa shape index (κ1) is 16.1. The van der Waals surface area contributed by atoms with Crippen molar-refractivity contribution >= 4 is 22.7 Å². The molecule has 1 aromatic carbocycles. The number of likely N-dealkylation sites (tertiary alicyclic amines) is 1. The molecule has 25 heavy (non-hydrogen) atoms. The molecule has 0 spiro atoms. The number of nitrogens with zero attached hydrogens (tertiary/aromatic N) is 2. The zero-order chi connectivity index (χ0) is 17.6. The second-order valence-electron chi connectivity index (χ2n) is 7.33. The van der Waals surface area contributed by atoms with Gasteiger partial charge in [-0.3, -0.25) is 14.6 Å². The minimum absolute atomic E-state index is 0.00880. The second kappa shape index (κ2) is 6.14. The van der Waals surface area contributed by atoms with Gasteiger partial charge in [0.15, 0.2) is 0 Å². The number of aryl methyl sites for hydroxylation is 2. The Labute approximate surface area is 147 Å². The molecule has 1 aromatic heterocycles. The Morgan fingerprint density at radius 1 is 1.24 bits per heavy atom. The molecule has 2 amide bonds. The maximum Gasteiger partial charge on any atom is 0.254 e. The summed E-state index contributed by atoms with van der Waals surface area (Å²) in [5, 5.41) is 3.98. The summed E-state index contributed by atoms with van der Waals surface area (Å²) in [7, 11) is 0. The lowest BCUT2D eigenvalue weighted by molar-refractivity contribution is -0.124. The molecule has 2 saturated heterocycles. The van der Waals surface area contributed by atoms with Crippen molar-refractivity contribution in [2.75, 3.05) is 13.1 Å². The predicted octanol–water partition coefficient (Wildman–Crippen LogP) is 2.59. The number of hydrogen-bond donors (Lipinski definition) is 1. The highest BCUT2D eigenvalue weighted by molar-refractivity contribution is 6.07. The van der Waals surface area contributed by atoms with Crippen LogP contribution in [0.1, 0.15) is 40.9 Å². The Hall–Kier alpha value is -2.43. The van der Waals surface area contributed by atoms with Gasteiger partial charge in [-0.15, -0.1) is 0 Å². The van der Waals surface area contributed by atoms with Crippen LogP contribution >= 0.6 is 0 Å². The molecule has 2 aliphatic rings. The van der Waals surface area contributed by atoms with Crippen LogP contribution in [0.4, 0.5) is 0 Å². The van der Waals surface area contributed by atoms with Crippen LogP contribution in [0.15, 0.2) is 24.3 Å². The van der Waals surface area contributed by atoms with Gasteiger partial charge >= 0.3 is 0 Å². The normalized spacial score (nSPS) is 23.3. The van der Waals surface area contributed by atoms with Crippen LogP contribution < -0.4 is 5.32 Å². The third kappa shape index (κ3) is 2.88. The smallest absolute Gasteiger partial charge is 0.254 e. The summed E-state index contributed by atoms with van der Waals surface area (Å²) >= 11 is 0. The molecular weight excluding hydrogens is 314 g/mol. The van der Waals surface area contributed by atoms with Crippen molar-refractivity contribution in [1.29, 1.82) is 0 Å². The molecule has 0 aliphatic carbocycles. The second-order valence-corrected chi connectivity index (χ2v) is 7.33. The van der Waals surface area contributed by atoms with Crippen molar-refractivity contribution in [3.8, 4) is 0 Å². The molecule has 2 aliphatic heterocycles. The summed E-state index contributed by atoms with van der Waals surface area (Å²) in [5.41, 5.74) is 3.49. The monoisotopic (exact) mass is 337 g/mol. The molecule has 5 nitrogen and oxygen atoms in total. The maximum atomic E-state index is 13.3. The highest BCUT2D eigenvalue weighted by Gasteiger charge is 2.35. The summed E-state index contributed by atoms with van der Waals surface area (Å²) < 4.78 is 0. The van der Waals surface area contributed by atoms with Crippen LogP contribution in [-0.4, -0.2) is 40.8 Å². The van der Waals surface area contributed by atoms with E-state index in [1.54, 1.807) is 0 Å². The summed E-state index contributed by atoms with van der Waals surface area (Å²) in [6.07, 6.45) is 2.86. The molecule has 2 fully saturated rings. The van der Waals surface area contributed by atoms with Crippen LogP contribution in [0.2, 0.25) is 0 Å². The van der Waals surface area contributed by atoms with Crippen LogP contribution in [0, 0.1) is 19.8 Å². The number of para-hydroxylation sites is 1. The van der Waals surface area contributed by atoms with Crippen molar-refractivity contribution in [2.45, 2.75) is 39.2 Å². The van der Waals surface area contributed by atoms with Gasteiger partial charge in [-0.05, 0) is 38.3 Å². The lowest BCUT2D eigenvalue weighted by Crippen LogP contribution is -2.41. The quantitative estimate of drug-likeness (QED) is 0.870. The highest BCUT2D eigenvalue weighted by Crippen LogP contribution is 2.26. The first-order valence-corrected chi connectivity index (χ1v) is 8.99. The van der Waals surface area contributed by atoms with E-state index in [0.717, 1.165) is 41.4 Å². The minimum Gasteiger partial charge on any atom is -0.351 e. The van der Waals surface area contributed by atoms with Gasteiger partial charge in [0.05, 0.1) is 17.0 Å². The molecule has 0 saturated carbocycles. The lowest BCUT2D eigenvalue weighted by atomic mass is 9.98. The lowest BCUT2D eigenvalue weighted by Gasteiger charge is -2.28. The van der Waals surface area contributed by atoms with Gasteiger partial charge in [0, 0.05) is 30.2 Å². The van der Waals surface area contributed by atoms with E-state index in [0.29, 0.717) is 18.7 Å². The molecule has 3 heterocycles. The number of amides is 2. The van der Waals surface area contributed by atoms with E-state index in [4.69, 9.17) is 0 Å². The molecular formula is C20H23N3O2. The number of pyridine rings is 1. The van der Waals surface area contributed by atoms with Gasteiger partial charge in [-0.25, -0.2) is 0 Å². The van der Waals surface area contributed by atoms with Crippen LogP contribution in [-0.2, 0) is 4.79 Å². The predicted molar refractivity (Wildman–Crippen MR) is 96.4 cm³/mol. The minimum atomic E-state index is -0.0904. The van der Waals surface area contributed by atoms with E-state index in [2.05, 4.69) is 10.3 Å². The zero-order valence-corrected chi connectivity index (χ0v) is 14.7. The molecule has 1 N–H and O–H groups in total. The Bertz CT molecular complexity index is 861. The summed E-state index contributed by atoms with van der Waals surface area (Å²) in [4.78, 5) is 32.1. The number of rotatable bonds is 1. The average Bonchev–Trinajstić information content (AvgIpc) is 2.83. The van der Waals surface area contributed by atoms with Crippen molar-refractivity contribution in [3.63, 3.8) is 0 Å².